The fraction of sp³-hybridized carbons (Fsp3) is 0.538. The Hall–Kier alpha value is -1.82. The summed E-state index contributed by atoms with van der Waals surface area (Å²) in [5.74, 6) is 0.456. The molecule has 6 nitrogen and oxygen atoms in total. The zero-order chi connectivity index (χ0) is 13.8. The van der Waals surface area contributed by atoms with Crippen LogP contribution in [0.3, 0.4) is 0 Å². The number of ether oxygens (including phenoxy) is 1. The Morgan fingerprint density at radius 1 is 1.42 bits per heavy atom. The van der Waals surface area contributed by atoms with Crippen molar-refractivity contribution in [3.05, 3.63) is 28.3 Å². The van der Waals surface area contributed by atoms with E-state index in [2.05, 4.69) is 17.6 Å². The summed E-state index contributed by atoms with van der Waals surface area (Å²) in [6.45, 7) is 3.63. The highest BCUT2D eigenvalue weighted by Gasteiger charge is 2.23. The van der Waals surface area contributed by atoms with Crippen LogP contribution in [0.5, 0.6) is 0 Å². The zero-order valence-electron chi connectivity index (χ0n) is 11.2. The third kappa shape index (κ3) is 3.35. The summed E-state index contributed by atoms with van der Waals surface area (Å²) < 4.78 is 5.50. The van der Waals surface area contributed by atoms with Gasteiger partial charge >= 0.3 is 0 Å². The highest BCUT2D eigenvalue weighted by Crippen LogP contribution is 2.26. The third-order valence-electron chi connectivity index (χ3n) is 3.52. The van der Waals surface area contributed by atoms with E-state index in [1.165, 1.54) is 6.07 Å². The average Bonchev–Trinajstić information content (AvgIpc) is 2.81. The predicted octanol–water partition coefficient (Wildman–Crippen LogP) is 2.47. The quantitative estimate of drug-likeness (QED) is 0.631. The Balaban J connectivity index is 2.06. The molecule has 0 aliphatic carbocycles. The molecule has 0 aromatic heterocycles. The van der Waals surface area contributed by atoms with E-state index >= 15 is 0 Å². The van der Waals surface area contributed by atoms with Crippen LogP contribution in [0.4, 0.5) is 17.1 Å². The van der Waals surface area contributed by atoms with E-state index in [9.17, 15) is 10.1 Å². The second kappa shape index (κ2) is 5.88. The van der Waals surface area contributed by atoms with Crippen molar-refractivity contribution in [2.75, 3.05) is 30.8 Å². The molecule has 2 atom stereocenters. The van der Waals surface area contributed by atoms with Gasteiger partial charge in [0.05, 0.1) is 11.0 Å². The van der Waals surface area contributed by atoms with Crippen molar-refractivity contribution in [2.24, 2.45) is 5.92 Å². The maximum absolute atomic E-state index is 10.9. The van der Waals surface area contributed by atoms with E-state index in [-0.39, 0.29) is 16.7 Å². The Bertz CT molecular complexity index is 464. The molecule has 2 unspecified atom stereocenters. The predicted molar refractivity (Wildman–Crippen MR) is 74.7 cm³/mol. The van der Waals surface area contributed by atoms with Crippen LogP contribution in [-0.2, 0) is 4.74 Å². The number of nitro groups is 1. The number of rotatable bonds is 5. The molecule has 0 spiro atoms. The first-order valence-electron chi connectivity index (χ1n) is 6.43. The van der Waals surface area contributed by atoms with Crippen LogP contribution in [0.25, 0.3) is 0 Å². The summed E-state index contributed by atoms with van der Waals surface area (Å²) in [6, 6.07) is 4.95. The summed E-state index contributed by atoms with van der Waals surface area (Å²) in [7, 11) is 1.75. The van der Waals surface area contributed by atoms with Crippen LogP contribution in [-0.4, -0.2) is 31.2 Å². The van der Waals surface area contributed by atoms with Crippen LogP contribution >= 0.6 is 0 Å². The second-order valence-corrected chi connectivity index (χ2v) is 4.78. The van der Waals surface area contributed by atoms with E-state index in [1.807, 2.05) is 6.07 Å². The first kappa shape index (κ1) is 13.6. The van der Waals surface area contributed by atoms with Gasteiger partial charge in [0, 0.05) is 49.6 Å². The first-order chi connectivity index (χ1) is 9.10. The highest BCUT2D eigenvalue weighted by atomic mass is 16.6. The molecule has 1 heterocycles. The Morgan fingerprint density at radius 2 is 2.16 bits per heavy atom. The lowest BCUT2D eigenvalue weighted by Crippen LogP contribution is -2.20. The zero-order valence-corrected chi connectivity index (χ0v) is 11.2. The molecule has 1 aliphatic rings. The molecule has 1 aliphatic heterocycles. The fourth-order valence-electron chi connectivity index (χ4n) is 2.26. The minimum absolute atomic E-state index is 0.0880. The second-order valence-electron chi connectivity index (χ2n) is 4.78. The lowest BCUT2D eigenvalue weighted by Gasteiger charge is -2.16. The van der Waals surface area contributed by atoms with Crippen molar-refractivity contribution in [1.82, 2.24) is 0 Å². The molecular weight excluding hydrogens is 246 g/mol. The molecule has 1 saturated heterocycles. The lowest BCUT2D eigenvalue weighted by atomic mass is 10.0. The third-order valence-corrected chi connectivity index (χ3v) is 3.52. The summed E-state index contributed by atoms with van der Waals surface area (Å²) >= 11 is 0. The number of hydrogen-bond donors (Lipinski definition) is 2. The minimum atomic E-state index is -0.382. The molecule has 1 aromatic carbocycles. The van der Waals surface area contributed by atoms with Gasteiger partial charge in [0.2, 0.25) is 0 Å². The van der Waals surface area contributed by atoms with Gasteiger partial charge < -0.3 is 15.4 Å². The SMILES string of the molecule is CNc1cc(NCC2CCOC2C)cc([N+](=O)[O-])c1. The van der Waals surface area contributed by atoms with Crippen LogP contribution in [0.2, 0.25) is 0 Å². The summed E-state index contributed by atoms with van der Waals surface area (Å²) in [5.41, 5.74) is 1.58. The van der Waals surface area contributed by atoms with Crippen molar-refractivity contribution in [3.63, 3.8) is 0 Å². The Labute approximate surface area is 112 Å². The molecule has 104 valence electrons. The van der Waals surface area contributed by atoms with Gasteiger partial charge in [-0.25, -0.2) is 0 Å². The van der Waals surface area contributed by atoms with Crippen LogP contribution < -0.4 is 10.6 Å². The monoisotopic (exact) mass is 265 g/mol. The van der Waals surface area contributed by atoms with Crippen LogP contribution in [0.1, 0.15) is 13.3 Å². The molecule has 1 aromatic rings. The van der Waals surface area contributed by atoms with E-state index in [1.54, 1.807) is 13.1 Å². The summed E-state index contributed by atoms with van der Waals surface area (Å²) in [5, 5.41) is 17.1. The van der Waals surface area contributed by atoms with Crippen molar-refractivity contribution >= 4 is 17.1 Å². The van der Waals surface area contributed by atoms with Gasteiger partial charge in [-0.1, -0.05) is 0 Å². The van der Waals surface area contributed by atoms with E-state index in [0.717, 1.165) is 30.9 Å². The van der Waals surface area contributed by atoms with E-state index in [4.69, 9.17) is 4.74 Å². The molecular formula is C13H19N3O3. The number of benzene rings is 1. The van der Waals surface area contributed by atoms with Gasteiger partial charge in [-0.2, -0.15) is 0 Å². The first-order valence-corrected chi connectivity index (χ1v) is 6.43. The van der Waals surface area contributed by atoms with Crippen molar-refractivity contribution in [2.45, 2.75) is 19.4 Å². The molecule has 2 rings (SSSR count). The van der Waals surface area contributed by atoms with Crippen LogP contribution in [0.15, 0.2) is 18.2 Å². The van der Waals surface area contributed by atoms with Gasteiger partial charge in [-0.05, 0) is 19.4 Å². The molecule has 6 heteroatoms. The number of hydrogen-bond acceptors (Lipinski definition) is 5. The van der Waals surface area contributed by atoms with Crippen LogP contribution in [0, 0.1) is 16.0 Å². The molecule has 0 radical (unpaired) electrons. The minimum Gasteiger partial charge on any atom is -0.388 e. The van der Waals surface area contributed by atoms with Gasteiger partial charge in [0.25, 0.3) is 5.69 Å². The maximum Gasteiger partial charge on any atom is 0.273 e. The maximum atomic E-state index is 10.9. The molecule has 19 heavy (non-hydrogen) atoms. The molecule has 2 N–H and O–H groups in total. The van der Waals surface area contributed by atoms with Gasteiger partial charge in [-0.3, -0.25) is 10.1 Å². The van der Waals surface area contributed by atoms with Gasteiger partial charge in [0.15, 0.2) is 0 Å². The molecule has 1 fully saturated rings. The number of non-ortho nitro benzene ring substituents is 1. The molecule has 0 bridgehead atoms. The van der Waals surface area contributed by atoms with Crippen molar-refractivity contribution in [3.8, 4) is 0 Å². The van der Waals surface area contributed by atoms with Gasteiger partial charge in [0.1, 0.15) is 0 Å². The normalized spacial score (nSPS) is 22.2. The largest absolute Gasteiger partial charge is 0.388 e. The van der Waals surface area contributed by atoms with Crippen molar-refractivity contribution in [1.29, 1.82) is 0 Å². The van der Waals surface area contributed by atoms with E-state index < -0.39 is 0 Å². The Kier molecular flexibility index (Phi) is 4.21. The van der Waals surface area contributed by atoms with Gasteiger partial charge in [-0.15, -0.1) is 0 Å². The fourth-order valence-corrected chi connectivity index (χ4v) is 2.26. The summed E-state index contributed by atoms with van der Waals surface area (Å²) in [6.07, 6.45) is 1.28. The highest BCUT2D eigenvalue weighted by molar-refractivity contribution is 5.63. The topological polar surface area (TPSA) is 76.4 Å². The molecule has 0 saturated carbocycles. The smallest absolute Gasteiger partial charge is 0.273 e. The Morgan fingerprint density at radius 3 is 2.74 bits per heavy atom. The standard InChI is InChI=1S/C13H19N3O3/c1-9-10(3-4-19-9)8-15-12-5-11(14-2)6-13(7-12)16(17)18/h5-7,9-10,14-15H,3-4,8H2,1-2H3. The molecule has 0 amide bonds. The number of nitrogens with zero attached hydrogens (tertiary/aromatic N) is 1. The van der Waals surface area contributed by atoms with E-state index in [0.29, 0.717) is 5.92 Å². The summed E-state index contributed by atoms with van der Waals surface area (Å²) in [4.78, 5) is 10.5. The average molecular weight is 265 g/mol. The van der Waals surface area contributed by atoms with Crippen molar-refractivity contribution < 1.29 is 9.66 Å². The lowest BCUT2D eigenvalue weighted by molar-refractivity contribution is -0.384. The number of nitrogens with one attached hydrogen (secondary N) is 2. The number of anilines is 2. The number of nitro benzene ring substituents is 1.